The van der Waals surface area contributed by atoms with Gasteiger partial charge in [0.05, 0.1) is 29.1 Å². The second-order valence-electron chi connectivity index (χ2n) is 7.88. The van der Waals surface area contributed by atoms with Gasteiger partial charge in [-0.25, -0.2) is 5.43 Å². The van der Waals surface area contributed by atoms with Gasteiger partial charge in [-0.3, -0.25) is 19.7 Å². The van der Waals surface area contributed by atoms with Crippen LogP contribution in [0.3, 0.4) is 0 Å². The number of hydrogen-bond donors (Lipinski definition) is 1. The first-order chi connectivity index (χ1) is 18.3. The molecule has 0 bridgehead atoms. The van der Waals surface area contributed by atoms with Gasteiger partial charge >= 0.3 is 0 Å². The Balaban J connectivity index is 1.59. The van der Waals surface area contributed by atoms with Crippen LogP contribution in [0, 0.1) is 28.4 Å². The number of hydrogen-bond acceptors (Lipinski definition) is 8. The lowest BCUT2D eigenvalue weighted by Crippen LogP contribution is -2.31. The molecule has 4 aromatic rings. The summed E-state index contributed by atoms with van der Waals surface area (Å²) in [6.07, 6.45) is 3.13. The molecule has 2 aromatic carbocycles. The molecule has 0 spiro atoms. The van der Waals surface area contributed by atoms with E-state index in [0.717, 1.165) is 4.68 Å². The fraction of sp³-hybridized carbons (Fsp3) is 0.115. The normalized spacial score (nSPS) is 10.8. The molecule has 0 unspecified atom stereocenters. The second kappa shape index (κ2) is 11.0. The zero-order valence-electron chi connectivity index (χ0n) is 20.4. The van der Waals surface area contributed by atoms with Crippen LogP contribution in [0.15, 0.2) is 76.8 Å². The monoisotopic (exact) mass is 511 g/mol. The third-order valence-corrected chi connectivity index (χ3v) is 5.54. The number of ether oxygens (including phenoxy) is 1. The molecule has 190 valence electrons. The van der Waals surface area contributed by atoms with Gasteiger partial charge in [-0.15, -0.1) is 0 Å². The smallest absolute Gasteiger partial charge is 0.292 e. The van der Waals surface area contributed by atoms with E-state index < -0.39 is 16.4 Å². The number of carbonyl (C=O) groups excluding carboxylic acids is 1. The largest absolute Gasteiger partial charge is 0.494 e. The molecule has 1 amide bonds. The van der Waals surface area contributed by atoms with Crippen LogP contribution < -0.4 is 15.7 Å². The molecule has 0 radical (unpaired) electrons. The standard InChI is InChI=1S/C26H21N7O5/c1-3-38-22-12-10-19(11-13-22)32-26(35)23(15-27)17(2)24(30-32)25(34)29-28-16-21-5-4-14-31(21)18-6-8-20(9-7-18)33(36)37/h4-14,16H,3H2,1-2H3,(H,29,34)/b28-16-. The van der Waals surface area contributed by atoms with E-state index in [-0.39, 0.29) is 22.5 Å². The maximum Gasteiger partial charge on any atom is 0.292 e. The fourth-order valence-corrected chi connectivity index (χ4v) is 3.66. The lowest BCUT2D eigenvalue weighted by molar-refractivity contribution is -0.384. The van der Waals surface area contributed by atoms with Gasteiger partial charge in [-0.2, -0.15) is 20.1 Å². The summed E-state index contributed by atoms with van der Waals surface area (Å²) in [6, 6.07) is 17.8. The molecule has 0 aliphatic rings. The lowest BCUT2D eigenvalue weighted by Gasteiger charge is -2.11. The number of nitrogens with zero attached hydrogens (tertiary/aromatic N) is 6. The number of nitrogens with one attached hydrogen (secondary N) is 1. The minimum Gasteiger partial charge on any atom is -0.494 e. The maximum atomic E-state index is 12.9. The van der Waals surface area contributed by atoms with E-state index >= 15 is 0 Å². The maximum absolute atomic E-state index is 12.9. The summed E-state index contributed by atoms with van der Waals surface area (Å²) >= 11 is 0. The number of aromatic nitrogens is 3. The van der Waals surface area contributed by atoms with E-state index in [0.29, 0.717) is 29.4 Å². The summed E-state index contributed by atoms with van der Waals surface area (Å²) in [5.41, 5.74) is 3.06. The quantitative estimate of drug-likeness (QED) is 0.216. The summed E-state index contributed by atoms with van der Waals surface area (Å²) in [6.45, 7) is 3.79. The van der Waals surface area contributed by atoms with Gasteiger partial charge in [0, 0.05) is 29.6 Å². The Labute approximate surface area is 216 Å². The highest BCUT2D eigenvalue weighted by Crippen LogP contribution is 2.18. The molecule has 0 atom stereocenters. The highest BCUT2D eigenvalue weighted by molar-refractivity contribution is 5.94. The van der Waals surface area contributed by atoms with Gasteiger partial charge < -0.3 is 9.30 Å². The van der Waals surface area contributed by atoms with Gasteiger partial charge in [-0.05, 0) is 62.4 Å². The first-order valence-corrected chi connectivity index (χ1v) is 11.4. The Hall–Kier alpha value is -5.57. The average Bonchev–Trinajstić information content (AvgIpc) is 3.38. The topological polar surface area (TPSA) is 157 Å². The third-order valence-electron chi connectivity index (χ3n) is 5.54. The molecule has 12 heteroatoms. The van der Waals surface area contributed by atoms with Crippen LogP contribution in [-0.4, -0.2) is 38.0 Å². The van der Waals surface area contributed by atoms with Crippen molar-refractivity contribution in [1.82, 2.24) is 19.8 Å². The molecule has 12 nitrogen and oxygen atoms in total. The second-order valence-corrected chi connectivity index (χ2v) is 7.88. The van der Waals surface area contributed by atoms with Crippen molar-refractivity contribution in [1.29, 1.82) is 5.26 Å². The molecular weight excluding hydrogens is 490 g/mol. The average molecular weight is 511 g/mol. The number of benzene rings is 2. The van der Waals surface area contributed by atoms with Crippen LogP contribution in [-0.2, 0) is 0 Å². The molecule has 0 aliphatic carbocycles. The van der Waals surface area contributed by atoms with Gasteiger partial charge in [0.25, 0.3) is 17.2 Å². The Bertz CT molecular complexity index is 1630. The summed E-state index contributed by atoms with van der Waals surface area (Å²) in [4.78, 5) is 36.2. The van der Waals surface area contributed by atoms with Crippen molar-refractivity contribution >= 4 is 17.8 Å². The number of nitro groups is 1. The SMILES string of the molecule is CCOc1ccc(-n2nc(C(=O)N/N=C\c3cccn3-c3ccc([N+](=O)[O-])cc3)c(C)c(C#N)c2=O)cc1. The molecule has 2 aromatic heterocycles. The Morgan fingerprint density at radius 1 is 1.18 bits per heavy atom. The number of nitriles is 1. The number of nitro benzene ring substituents is 1. The number of carbonyl (C=O) groups is 1. The van der Waals surface area contributed by atoms with E-state index in [9.17, 15) is 25.0 Å². The Morgan fingerprint density at radius 2 is 1.87 bits per heavy atom. The number of rotatable bonds is 8. The molecule has 2 heterocycles. The molecule has 0 aliphatic heterocycles. The third kappa shape index (κ3) is 5.17. The summed E-state index contributed by atoms with van der Waals surface area (Å²) in [7, 11) is 0. The van der Waals surface area contributed by atoms with Gasteiger partial charge in [0.1, 0.15) is 17.4 Å². The van der Waals surface area contributed by atoms with Crippen molar-refractivity contribution in [2.75, 3.05) is 6.61 Å². The zero-order valence-corrected chi connectivity index (χ0v) is 20.4. The van der Waals surface area contributed by atoms with Crippen LogP contribution in [0.4, 0.5) is 5.69 Å². The number of amides is 1. The highest BCUT2D eigenvalue weighted by atomic mass is 16.6. The first kappa shape index (κ1) is 25.5. The van der Waals surface area contributed by atoms with Crippen molar-refractivity contribution in [3.8, 4) is 23.2 Å². The van der Waals surface area contributed by atoms with Gasteiger partial charge in [0.15, 0.2) is 5.69 Å². The van der Waals surface area contributed by atoms with Crippen LogP contribution in [0.25, 0.3) is 11.4 Å². The highest BCUT2D eigenvalue weighted by Gasteiger charge is 2.20. The molecule has 0 saturated carbocycles. The zero-order chi connectivity index (χ0) is 27.2. The predicted octanol–water partition coefficient (Wildman–Crippen LogP) is 3.27. The van der Waals surface area contributed by atoms with E-state index in [2.05, 4.69) is 15.6 Å². The van der Waals surface area contributed by atoms with Crippen molar-refractivity contribution in [3.63, 3.8) is 0 Å². The summed E-state index contributed by atoms with van der Waals surface area (Å²) in [5, 5.41) is 28.7. The molecule has 0 saturated heterocycles. The first-order valence-electron chi connectivity index (χ1n) is 11.4. The van der Waals surface area contributed by atoms with Crippen LogP contribution in [0.2, 0.25) is 0 Å². The molecule has 0 fully saturated rings. The van der Waals surface area contributed by atoms with Crippen molar-refractivity contribution in [2.45, 2.75) is 13.8 Å². The summed E-state index contributed by atoms with van der Waals surface area (Å²) < 4.78 is 8.12. The lowest BCUT2D eigenvalue weighted by atomic mass is 10.1. The minimum atomic E-state index is -0.719. The predicted molar refractivity (Wildman–Crippen MR) is 138 cm³/mol. The molecular formula is C26H21N7O5. The number of hydrazone groups is 1. The minimum absolute atomic E-state index is 0.0328. The van der Waals surface area contributed by atoms with E-state index in [1.807, 2.05) is 13.0 Å². The molecule has 1 N–H and O–H groups in total. The van der Waals surface area contributed by atoms with Gasteiger partial charge in [0.2, 0.25) is 0 Å². The van der Waals surface area contributed by atoms with Gasteiger partial charge in [-0.1, -0.05) is 0 Å². The van der Waals surface area contributed by atoms with E-state index in [1.54, 1.807) is 59.3 Å². The molecule has 4 rings (SSSR count). The van der Waals surface area contributed by atoms with Crippen LogP contribution >= 0.6 is 0 Å². The van der Waals surface area contributed by atoms with Crippen molar-refractivity contribution in [2.24, 2.45) is 5.10 Å². The van der Waals surface area contributed by atoms with Crippen LogP contribution in [0.5, 0.6) is 5.75 Å². The summed E-state index contributed by atoms with van der Waals surface area (Å²) in [5.74, 6) is -0.119. The van der Waals surface area contributed by atoms with Crippen molar-refractivity contribution in [3.05, 3.63) is 110 Å². The number of non-ortho nitro benzene ring substituents is 1. The Kier molecular flexibility index (Phi) is 7.39. The van der Waals surface area contributed by atoms with E-state index in [4.69, 9.17) is 4.74 Å². The fourth-order valence-electron chi connectivity index (χ4n) is 3.66. The van der Waals surface area contributed by atoms with E-state index in [1.165, 1.54) is 25.3 Å². The molecule has 38 heavy (non-hydrogen) atoms. The van der Waals surface area contributed by atoms with Crippen LogP contribution in [0.1, 0.15) is 34.2 Å². The van der Waals surface area contributed by atoms with Crippen molar-refractivity contribution < 1.29 is 14.5 Å². The Morgan fingerprint density at radius 3 is 2.50 bits per heavy atom.